The van der Waals surface area contributed by atoms with Crippen molar-refractivity contribution in [1.82, 2.24) is 0 Å². The Morgan fingerprint density at radius 1 is 1.13 bits per heavy atom. The molecule has 0 amide bonds. The van der Waals surface area contributed by atoms with Gasteiger partial charge in [0.25, 0.3) is 0 Å². The minimum Gasteiger partial charge on any atom is -0.507 e. The molecule has 1 unspecified atom stereocenters. The first-order valence-corrected chi connectivity index (χ1v) is 7.22. The van der Waals surface area contributed by atoms with Gasteiger partial charge in [-0.1, -0.05) is 17.7 Å². The second-order valence-electron chi connectivity index (χ2n) is 5.47. The smallest absolute Gasteiger partial charge is 0.154 e. The molecule has 0 aliphatic carbocycles. The lowest BCUT2D eigenvalue weighted by Crippen LogP contribution is -2.10. The van der Waals surface area contributed by atoms with Crippen molar-refractivity contribution in [2.45, 2.75) is 20.1 Å². The van der Waals surface area contributed by atoms with Crippen LogP contribution in [0.25, 0.3) is 11.0 Å². The fraction of sp³-hybridized carbons (Fsp3) is 0.167. The lowest BCUT2D eigenvalue weighted by molar-refractivity contribution is 0.112. The predicted molar refractivity (Wildman–Crippen MR) is 87.8 cm³/mol. The van der Waals surface area contributed by atoms with E-state index in [0.29, 0.717) is 28.6 Å². The summed E-state index contributed by atoms with van der Waals surface area (Å²) in [4.78, 5) is 11.3. The van der Waals surface area contributed by atoms with Crippen molar-refractivity contribution in [3.8, 4) is 5.75 Å². The number of hydrogen-bond acceptors (Lipinski definition) is 5. The first-order valence-electron chi connectivity index (χ1n) is 7.22. The molecular weight excluding hydrogens is 294 g/mol. The summed E-state index contributed by atoms with van der Waals surface area (Å²) in [6, 6.07) is 10.5. The lowest BCUT2D eigenvalue weighted by Gasteiger charge is -2.15. The Morgan fingerprint density at radius 3 is 2.48 bits per heavy atom. The highest BCUT2D eigenvalue weighted by Gasteiger charge is 2.22. The minimum atomic E-state index is -1.07. The van der Waals surface area contributed by atoms with E-state index in [1.807, 2.05) is 31.2 Å². The summed E-state index contributed by atoms with van der Waals surface area (Å²) in [6.07, 6.45) is -0.506. The summed E-state index contributed by atoms with van der Waals surface area (Å²) >= 11 is 0. The first kappa shape index (κ1) is 15.1. The molecule has 1 heterocycles. The molecule has 1 aromatic heterocycles. The summed E-state index contributed by atoms with van der Waals surface area (Å²) < 4.78 is 5.60. The van der Waals surface area contributed by atoms with Crippen LogP contribution in [0.4, 0.5) is 5.69 Å². The van der Waals surface area contributed by atoms with Crippen LogP contribution in [0, 0.1) is 13.8 Å². The van der Waals surface area contributed by atoms with Crippen LogP contribution >= 0.6 is 0 Å². The molecule has 5 nitrogen and oxygen atoms in total. The number of aliphatic hydroxyl groups is 1. The Labute approximate surface area is 133 Å². The van der Waals surface area contributed by atoms with Crippen LogP contribution in [0.5, 0.6) is 5.75 Å². The second kappa shape index (κ2) is 5.78. The zero-order valence-electron chi connectivity index (χ0n) is 12.8. The number of phenols is 1. The van der Waals surface area contributed by atoms with Gasteiger partial charge < -0.3 is 19.9 Å². The predicted octanol–water partition coefficient (Wildman–Crippen LogP) is 3.67. The number of rotatable bonds is 4. The number of carbonyl (C=O) groups excluding carboxylic acids is 1. The van der Waals surface area contributed by atoms with Crippen LogP contribution in [-0.2, 0) is 0 Å². The molecule has 0 radical (unpaired) electrons. The Bertz CT molecular complexity index is 865. The quantitative estimate of drug-likeness (QED) is 0.506. The number of nitrogens with one attached hydrogen (secondary N) is 1. The van der Waals surface area contributed by atoms with Gasteiger partial charge in [0.05, 0.1) is 11.1 Å². The van der Waals surface area contributed by atoms with Crippen LogP contribution < -0.4 is 5.32 Å². The first-order chi connectivity index (χ1) is 11.0. The van der Waals surface area contributed by atoms with Crippen molar-refractivity contribution in [3.05, 3.63) is 58.8 Å². The maximum atomic E-state index is 11.3. The van der Waals surface area contributed by atoms with Gasteiger partial charge in [0, 0.05) is 11.1 Å². The van der Waals surface area contributed by atoms with E-state index >= 15 is 0 Å². The SMILES string of the molecule is Cc1ccc(NC(O)c2c(C)oc3ccc(O)c(C=O)c23)cc1. The summed E-state index contributed by atoms with van der Waals surface area (Å²) in [6.45, 7) is 3.69. The van der Waals surface area contributed by atoms with Crippen LogP contribution in [0.3, 0.4) is 0 Å². The molecule has 0 saturated heterocycles. The van der Waals surface area contributed by atoms with E-state index < -0.39 is 6.23 Å². The van der Waals surface area contributed by atoms with E-state index in [1.54, 1.807) is 13.0 Å². The largest absolute Gasteiger partial charge is 0.507 e. The maximum absolute atomic E-state index is 11.3. The molecule has 0 fully saturated rings. The van der Waals surface area contributed by atoms with Gasteiger partial charge in [-0.05, 0) is 38.1 Å². The maximum Gasteiger partial charge on any atom is 0.154 e. The molecule has 3 aromatic rings. The minimum absolute atomic E-state index is 0.110. The molecule has 3 N–H and O–H groups in total. The summed E-state index contributed by atoms with van der Waals surface area (Å²) in [5.41, 5.74) is 2.85. The Balaban J connectivity index is 2.07. The van der Waals surface area contributed by atoms with E-state index in [1.165, 1.54) is 6.07 Å². The van der Waals surface area contributed by atoms with Gasteiger partial charge in [-0.15, -0.1) is 0 Å². The molecule has 2 aromatic carbocycles. The van der Waals surface area contributed by atoms with E-state index in [2.05, 4.69) is 5.32 Å². The number of aryl methyl sites for hydroxylation is 2. The lowest BCUT2D eigenvalue weighted by atomic mass is 10.0. The van der Waals surface area contributed by atoms with Gasteiger partial charge in [-0.3, -0.25) is 4.79 Å². The topological polar surface area (TPSA) is 82.7 Å². The van der Waals surface area contributed by atoms with Crippen molar-refractivity contribution in [2.24, 2.45) is 0 Å². The van der Waals surface area contributed by atoms with Crippen molar-refractivity contribution < 1.29 is 19.4 Å². The molecule has 1 atom stereocenters. The van der Waals surface area contributed by atoms with Crippen LogP contribution in [0.1, 0.15) is 33.5 Å². The third-order valence-corrected chi connectivity index (χ3v) is 3.84. The third kappa shape index (κ3) is 2.66. The molecule has 0 bridgehead atoms. The van der Waals surface area contributed by atoms with Crippen LogP contribution in [0.15, 0.2) is 40.8 Å². The zero-order valence-corrected chi connectivity index (χ0v) is 12.8. The van der Waals surface area contributed by atoms with E-state index in [-0.39, 0.29) is 11.3 Å². The molecule has 23 heavy (non-hydrogen) atoms. The Morgan fingerprint density at radius 2 is 1.83 bits per heavy atom. The fourth-order valence-electron chi connectivity index (χ4n) is 2.68. The van der Waals surface area contributed by atoms with Crippen LogP contribution in [0.2, 0.25) is 0 Å². The average molecular weight is 311 g/mol. The number of furan rings is 1. The summed E-state index contributed by atoms with van der Waals surface area (Å²) in [5, 5.41) is 23.8. The van der Waals surface area contributed by atoms with Crippen molar-refractivity contribution in [3.63, 3.8) is 0 Å². The molecule has 0 spiro atoms. The van der Waals surface area contributed by atoms with Gasteiger partial charge in [0.15, 0.2) is 12.5 Å². The standard InChI is InChI=1S/C18H17NO4/c1-10-3-5-12(6-4-10)19-18(22)16-11(2)23-15-8-7-14(21)13(9-20)17(15)16/h3-9,18-19,21-22H,1-2H3. The van der Waals surface area contributed by atoms with Gasteiger partial charge in [-0.2, -0.15) is 0 Å². The Hall–Kier alpha value is -2.79. The van der Waals surface area contributed by atoms with Crippen molar-refractivity contribution >= 4 is 22.9 Å². The monoisotopic (exact) mass is 311 g/mol. The number of aromatic hydroxyl groups is 1. The number of hydrogen-bond donors (Lipinski definition) is 3. The molecule has 0 aliphatic heterocycles. The number of benzene rings is 2. The van der Waals surface area contributed by atoms with E-state index in [4.69, 9.17) is 4.42 Å². The number of anilines is 1. The van der Waals surface area contributed by atoms with Crippen LogP contribution in [-0.4, -0.2) is 16.5 Å². The zero-order chi connectivity index (χ0) is 16.6. The summed E-state index contributed by atoms with van der Waals surface area (Å²) in [5.74, 6) is 0.345. The number of carbonyl (C=O) groups is 1. The third-order valence-electron chi connectivity index (χ3n) is 3.84. The van der Waals surface area contributed by atoms with Crippen molar-refractivity contribution in [1.29, 1.82) is 0 Å². The van der Waals surface area contributed by atoms with Gasteiger partial charge >= 0.3 is 0 Å². The number of fused-ring (bicyclic) bond motifs is 1. The van der Waals surface area contributed by atoms with E-state index in [0.717, 1.165) is 11.3 Å². The molecule has 0 saturated carbocycles. The average Bonchev–Trinajstić information content (AvgIpc) is 2.86. The highest BCUT2D eigenvalue weighted by molar-refractivity contribution is 6.01. The molecule has 3 rings (SSSR count). The number of aldehydes is 1. The Kier molecular flexibility index (Phi) is 3.80. The second-order valence-corrected chi connectivity index (χ2v) is 5.47. The van der Waals surface area contributed by atoms with E-state index in [9.17, 15) is 15.0 Å². The van der Waals surface area contributed by atoms with Gasteiger partial charge in [-0.25, -0.2) is 0 Å². The van der Waals surface area contributed by atoms with Gasteiger partial charge in [0.2, 0.25) is 0 Å². The number of phenolic OH excluding ortho intramolecular Hbond substituents is 1. The molecular formula is C18H17NO4. The summed E-state index contributed by atoms with van der Waals surface area (Å²) in [7, 11) is 0. The normalized spacial score (nSPS) is 12.3. The molecule has 118 valence electrons. The highest BCUT2D eigenvalue weighted by atomic mass is 16.3. The van der Waals surface area contributed by atoms with Gasteiger partial charge in [0.1, 0.15) is 17.1 Å². The fourth-order valence-corrected chi connectivity index (χ4v) is 2.68. The van der Waals surface area contributed by atoms with Crippen molar-refractivity contribution in [2.75, 3.05) is 5.32 Å². The molecule has 0 aliphatic rings. The molecule has 5 heteroatoms. The highest BCUT2D eigenvalue weighted by Crippen LogP contribution is 2.36. The number of aliphatic hydroxyl groups excluding tert-OH is 1.